The van der Waals surface area contributed by atoms with Crippen LogP contribution in [0.15, 0.2) is 67.1 Å². The Balaban J connectivity index is 1.50. The van der Waals surface area contributed by atoms with Crippen molar-refractivity contribution >= 4 is 11.7 Å². The fourth-order valence-corrected chi connectivity index (χ4v) is 4.09. The predicted octanol–water partition coefficient (Wildman–Crippen LogP) is 3.94. The first-order valence-corrected chi connectivity index (χ1v) is 10.8. The Bertz CT molecular complexity index is 1010. The maximum atomic E-state index is 13.4. The Hall–Kier alpha value is -3.48. The number of ether oxygens (including phenoxy) is 1. The zero-order valence-electron chi connectivity index (χ0n) is 18.1. The number of carbonyl (C=O) groups is 1. The first kappa shape index (κ1) is 21.7. The van der Waals surface area contributed by atoms with Crippen molar-refractivity contribution in [2.45, 2.75) is 25.3 Å². The number of rotatable bonds is 7. The van der Waals surface area contributed by atoms with Crippen molar-refractivity contribution in [2.24, 2.45) is 5.92 Å². The normalized spacial score (nSPS) is 16.9. The number of nitrogens with one attached hydrogen (secondary N) is 1. The van der Waals surface area contributed by atoms with Gasteiger partial charge in [0.25, 0.3) is 0 Å². The van der Waals surface area contributed by atoms with Crippen molar-refractivity contribution < 1.29 is 13.9 Å². The lowest BCUT2D eigenvalue weighted by Crippen LogP contribution is -2.44. The molecule has 4 rings (SSSR count). The number of anilines is 1. The van der Waals surface area contributed by atoms with Gasteiger partial charge in [-0.3, -0.25) is 9.78 Å². The van der Waals surface area contributed by atoms with Crippen LogP contribution in [0.3, 0.4) is 0 Å². The van der Waals surface area contributed by atoms with E-state index in [4.69, 9.17) is 4.74 Å². The molecule has 3 aromatic rings. The lowest BCUT2D eigenvalue weighted by atomic mass is 9.94. The van der Waals surface area contributed by atoms with Crippen LogP contribution in [0, 0.1) is 11.7 Å². The third-order valence-electron chi connectivity index (χ3n) is 5.85. The van der Waals surface area contributed by atoms with E-state index in [9.17, 15) is 9.18 Å². The SMILES string of the molecule is COc1ccc(C(Cc2ccc(F)cc2)NC(=O)C2CCCN(c3cnccn3)C2)cc1. The Labute approximate surface area is 187 Å². The summed E-state index contributed by atoms with van der Waals surface area (Å²) < 4.78 is 18.6. The van der Waals surface area contributed by atoms with Gasteiger partial charge in [-0.15, -0.1) is 0 Å². The van der Waals surface area contributed by atoms with Gasteiger partial charge in [0.15, 0.2) is 0 Å². The Morgan fingerprint density at radius 2 is 1.97 bits per heavy atom. The van der Waals surface area contributed by atoms with Gasteiger partial charge in [-0.2, -0.15) is 0 Å². The molecule has 0 bridgehead atoms. The van der Waals surface area contributed by atoms with E-state index in [-0.39, 0.29) is 23.7 Å². The van der Waals surface area contributed by atoms with Crippen molar-refractivity contribution in [3.8, 4) is 5.75 Å². The number of aromatic nitrogens is 2. The Morgan fingerprint density at radius 1 is 1.19 bits per heavy atom. The summed E-state index contributed by atoms with van der Waals surface area (Å²) in [6, 6.07) is 13.9. The van der Waals surface area contributed by atoms with E-state index >= 15 is 0 Å². The van der Waals surface area contributed by atoms with Crippen LogP contribution in [0.25, 0.3) is 0 Å². The van der Waals surface area contributed by atoms with Crippen LogP contribution in [0.1, 0.15) is 30.0 Å². The van der Waals surface area contributed by atoms with Crippen molar-refractivity contribution in [3.63, 3.8) is 0 Å². The number of nitrogens with zero attached hydrogens (tertiary/aromatic N) is 3. The number of hydrogen-bond donors (Lipinski definition) is 1. The van der Waals surface area contributed by atoms with Crippen LogP contribution >= 0.6 is 0 Å². The zero-order valence-corrected chi connectivity index (χ0v) is 18.1. The predicted molar refractivity (Wildman–Crippen MR) is 121 cm³/mol. The molecular formula is C25H27FN4O2. The minimum Gasteiger partial charge on any atom is -0.497 e. The zero-order chi connectivity index (χ0) is 22.3. The minimum atomic E-state index is -0.273. The number of halogens is 1. The van der Waals surface area contributed by atoms with Gasteiger partial charge in [0.2, 0.25) is 5.91 Å². The van der Waals surface area contributed by atoms with Crippen LogP contribution in [-0.2, 0) is 11.2 Å². The maximum Gasteiger partial charge on any atom is 0.225 e. The Kier molecular flexibility index (Phi) is 6.94. The molecule has 2 heterocycles. The average Bonchev–Trinajstić information content (AvgIpc) is 2.85. The molecular weight excluding hydrogens is 407 g/mol. The molecule has 2 atom stereocenters. The number of benzene rings is 2. The molecule has 6 nitrogen and oxygen atoms in total. The Morgan fingerprint density at radius 3 is 2.66 bits per heavy atom. The second-order valence-electron chi connectivity index (χ2n) is 8.01. The largest absolute Gasteiger partial charge is 0.497 e. The monoisotopic (exact) mass is 434 g/mol. The first-order chi connectivity index (χ1) is 15.6. The number of hydrogen-bond acceptors (Lipinski definition) is 5. The van der Waals surface area contributed by atoms with Gasteiger partial charge >= 0.3 is 0 Å². The van der Waals surface area contributed by atoms with E-state index in [1.807, 2.05) is 24.3 Å². The fourth-order valence-electron chi connectivity index (χ4n) is 4.09. The van der Waals surface area contributed by atoms with Crippen LogP contribution in [0.5, 0.6) is 5.75 Å². The van der Waals surface area contributed by atoms with Gasteiger partial charge in [-0.05, 0) is 54.7 Å². The summed E-state index contributed by atoms with van der Waals surface area (Å²) in [5.41, 5.74) is 1.93. The first-order valence-electron chi connectivity index (χ1n) is 10.8. The highest BCUT2D eigenvalue weighted by Crippen LogP contribution is 2.25. The van der Waals surface area contributed by atoms with Crippen LogP contribution in [-0.4, -0.2) is 36.1 Å². The van der Waals surface area contributed by atoms with Gasteiger partial charge in [0.1, 0.15) is 17.4 Å². The average molecular weight is 435 g/mol. The summed E-state index contributed by atoms with van der Waals surface area (Å²) in [6.07, 6.45) is 7.36. The van der Waals surface area contributed by atoms with E-state index in [0.717, 1.165) is 42.1 Å². The molecule has 2 aromatic carbocycles. The third-order valence-corrected chi connectivity index (χ3v) is 5.85. The lowest BCUT2D eigenvalue weighted by Gasteiger charge is -2.33. The van der Waals surface area contributed by atoms with Crippen molar-refractivity contribution in [1.29, 1.82) is 0 Å². The van der Waals surface area contributed by atoms with Gasteiger partial charge in [-0.1, -0.05) is 24.3 Å². The number of piperidine rings is 1. The molecule has 1 amide bonds. The highest BCUT2D eigenvalue weighted by atomic mass is 19.1. The number of amides is 1. The van der Waals surface area contributed by atoms with Crippen molar-refractivity contribution in [2.75, 3.05) is 25.1 Å². The molecule has 1 aromatic heterocycles. The molecule has 32 heavy (non-hydrogen) atoms. The highest BCUT2D eigenvalue weighted by molar-refractivity contribution is 5.80. The second-order valence-corrected chi connectivity index (χ2v) is 8.01. The minimum absolute atomic E-state index is 0.0153. The molecule has 2 unspecified atom stereocenters. The summed E-state index contributed by atoms with van der Waals surface area (Å²) in [5.74, 6) is 1.15. The molecule has 0 saturated carbocycles. The summed E-state index contributed by atoms with van der Waals surface area (Å²) in [4.78, 5) is 23.9. The quantitative estimate of drug-likeness (QED) is 0.610. The topological polar surface area (TPSA) is 67.3 Å². The molecule has 1 aliphatic rings. The number of methoxy groups -OCH3 is 1. The summed E-state index contributed by atoms with van der Waals surface area (Å²) in [6.45, 7) is 1.47. The second kappa shape index (κ2) is 10.2. The van der Waals surface area contributed by atoms with Crippen LogP contribution < -0.4 is 15.0 Å². The van der Waals surface area contributed by atoms with Gasteiger partial charge in [0, 0.05) is 25.5 Å². The summed E-state index contributed by atoms with van der Waals surface area (Å²) in [7, 11) is 1.62. The molecule has 1 saturated heterocycles. The lowest BCUT2D eigenvalue weighted by molar-refractivity contribution is -0.126. The van der Waals surface area contributed by atoms with Gasteiger partial charge in [0.05, 0.1) is 25.3 Å². The molecule has 0 spiro atoms. The molecule has 0 aliphatic carbocycles. The highest BCUT2D eigenvalue weighted by Gasteiger charge is 2.28. The van der Waals surface area contributed by atoms with Crippen LogP contribution in [0.2, 0.25) is 0 Å². The van der Waals surface area contributed by atoms with Crippen molar-refractivity contribution in [3.05, 3.63) is 84.1 Å². The van der Waals surface area contributed by atoms with E-state index in [0.29, 0.717) is 13.0 Å². The maximum absolute atomic E-state index is 13.4. The molecule has 166 valence electrons. The fraction of sp³-hybridized carbons (Fsp3) is 0.320. The third kappa shape index (κ3) is 5.41. The van der Waals surface area contributed by atoms with E-state index < -0.39 is 0 Å². The molecule has 1 N–H and O–H groups in total. The van der Waals surface area contributed by atoms with E-state index in [2.05, 4.69) is 20.2 Å². The molecule has 1 aliphatic heterocycles. The summed E-state index contributed by atoms with van der Waals surface area (Å²) in [5, 5.41) is 3.24. The van der Waals surface area contributed by atoms with E-state index in [1.165, 1.54) is 12.1 Å². The molecule has 1 fully saturated rings. The van der Waals surface area contributed by atoms with Gasteiger partial charge in [-0.25, -0.2) is 9.37 Å². The van der Waals surface area contributed by atoms with Gasteiger partial charge < -0.3 is 15.0 Å². The molecule has 0 radical (unpaired) electrons. The smallest absolute Gasteiger partial charge is 0.225 e. The molecule has 7 heteroatoms. The van der Waals surface area contributed by atoms with Crippen LogP contribution in [0.4, 0.5) is 10.2 Å². The summed E-state index contributed by atoms with van der Waals surface area (Å²) >= 11 is 0. The standard InChI is InChI=1S/C25H27FN4O2/c1-32-22-10-6-19(7-11-22)23(15-18-4-8-21(26)9-5-18)29-25(31)20-3-2-14-30(17-20)24-16-27-12-13-28-24/h4-13,16,20,23H,2-3,14-15,17H2,1H3,(H,29,31). The number of carbonyl (C=O) groups excluding carboxylic acids is 1. The van der Waals surface area contributed by atoms with E-state index in [1.54, 1.807) is 37.8 Å². The van der Waals surface area contributed by atoms with Crippen molar-refractivity contribution in [1.82, 2.24) is 15.3 Å².